The number of amides is 2. The molecular formula is C22H25F2N3O5S. The quantitative estimate of drug-likeness (QED) is 0.440. The molecular weight excluding hydrogens is 456 g/mol. The van der Waals surface area contributed by atoms with E-state index in [1.54, 1.807) is 0 Å². The molecule has 1 saturated heterocycles. The third-order valence-corrected chi connectivity index (χ3v) is 6.95. The first-order valence-corrected chi connectivity index (χ1v) is 11.9. The number of rotatable bonds is 8. The molecule has 0 bridgehead atoms. The van der Waals surface area contributed by atoms with Gasteiger partial charge >= 0.3 is 11.8 Å². The average molecular weight is 482 g/mol. The summed E-state index contributed by atoms with van der Waals surface area (Å²) in [7, 11) is -4.43. The maximum absolute atomic E-state index is 14.1. The van der Waals surface area contributed by atoms with Crippen LogP contribution in [0.1, 0.15) is 18.4 Å². The minimum Gasteiger partial charge on any atom is -0.360 e. The molecule has 11 heteroatoms. The summed E-state index contributed by atoms with van der Waals surface area (Å²) in [5.74, 6) is -3.80. The number of carbonyl (C=O) groups is 2. The predicted octanol–water partition coefficient (Wildman–Crippen LogP) is 1.57. The lowest BCUT2D eigenvalue weighted by Crippen LogP contribution is -2.53. The number of ether oxygens (including phenoxy) is 1. The molecule has 1 atom stereocenters. The number of sulfonamides is 1. The van der Waals surface area contributed by atoms with Gasteiger partial charge in [-0.25, -0.2) is 17.2 Å². The Bertz CT molecular complexity index is 1080. The summed E-state index contributed by atoms with van der Waals surface area (Å²) in [5, 5.41) is 4.85. The fraction of sp³-hybridized carbons (Fsp3) is 0.364. The minimum absolute atomic E-state index is 0.00942. The van der Waals surface area contributed by atoms with Crippen LogP contribution in [0.5, 0.6) is 0 Å². The second-order valence-electron chi connectivity index (χ2n) is 7.42. The van der Waals surface area contributed by atoms with Gasteiger partial charge in [-0.1, -0.05) is 30.3 Å². The van der Waals surface area contributed by atoms with Gasteiger partial charge in [0.25, 0.3) is 0 Å². The molecule has 1 aliphatic rings. The van der Waals surface area contributed by atoms with Crippen LogP contribution in [0.15, 0.2) is 53.4 Å². The summed E-state index contributed by atoms with van der Waals surface area (Å²) in [6.45, 7) is 0.168. The van der Waals surface area contributed by atoms with E-state index in [2.05, 4.69) is 10.6 Å². The summed E-state index contributed by atoms with van der Waals surface area (Å²) in [5.41, 5.74) is 1.11. The molecule has 0 spiro atoms. The molecule has 2 N–H and O–H groups in total. The van der Waals surface area contributed by atoms with Crippen molar-refractivity contribution in [2.24, 2.45) is 0 Å². The normalized spacial score (nSPS) is 16.8. The van der Waals surface area contributed by atoms with Gasteiger partial charge in [0.05, 0.1) is 13.2 Å². The zero-order chi connectivity index (χ0) is 23.8. The van der Waals surface area contributed by atoms with Crippen LogP contribution in [0.25, 0.3) is 0 Å². The van der Waals surface area contributed by atoms with E-state index in [0.717, 1.165) is 28.4 Å². The number of nitrogens with one attached hydrogen (secondary N) is 2. The van der Waals surface area contributed by atoms with Crippen molar-refractivity contribution in [1.82, 2.24) is 14.9 Å². The van der Waals surface area contributed by atoms with Crippen molar-refractivity contribution in [2.45, 2.75) is 30.4 Å². The van der Waals surface area contributed by atoms with Crippen molar-refractivity contribution in [2.75, 3.05) is 26.2 Å². The fourth-order valence-corrected chi connectivity index (χ4v) is 5.03. The molecule has 0 unspecified atom stereocenters. The van der Waals surface area contributed by atoms with E-state index < -0.39 is 44.6 Å². The first-order chi connectivity index (χ1) is 15.8. The van der Waals surface area contributed by atoms with Gasteiger partial charge < -0.3 is 15.4 Å². The standard InChI is InChI=1S/C22H25F2N3O5S/c23-17-9-10-18(24)19(14-17)33(30,31)27-12-5-13-32-20(27)15-26-22(29)21(28)25-11-4-8-16-6-2-1-3-7-16/h1-3,6-7,9-10,14,20H,4-5,8,11-13,15H2,(H,25,28)(H,26,29)/t20-/m1/s1. The third-order valence-electron chi connectivity index (χ3n) is 5.05. The molecule has 1 fully saturated rings. The van der Waals surface area contributed by atoms with Crippen molar-refractivity contribution in [1.29, 1.82) is 0 Å². The maximum Gasteiger partial charge on any atom is 0.309 e. The summed E-state index contributed by atoms with van der Waals surface area (Å²) in [4.78, 5) is 23.3. The summed E-state index contributed by atoms with van der Waals surface area (Å²) >= 11 is 0. The molecule has 2 aromatic rings. The first-order valence-electron chi connectivity index (χ1n) is 10.5. The summed E-state index contributed by atoms with van der Waals surface area (Å²) in [6, 6.07) is 11.8. The average Bonchev–Trinajstić information content (AvgIpc) is 2.82. The van der Waals surface area contributed by atoms with Crippen LogP contribution >= 0.6 is 0 Å². The highest BCUT2D eigenvalue weighted by molar-refractivity contribution is 7.89. The number of aryl methyl sites for hydroxylation is 1. The van der Waals surface area contributed by atoms with E-state index in [-0.39, 0.29) is 19.7 Å². The summed E-state index contributed by atoms with van der Waals surface area (Å²) in [6.07, 6.45) is 0.547. The molecule has 2 amide bonds. The van der Waals surface area contributed by atoms with E-state index in [1.807, 2.05) is 30.3 Å². The van der Waals surface area contributed by atoms with Gasteiger partial charge in [0.2, 0.25) is 10.0 Å². The molecule has 0 saturated carbocycles. The topological polar surface area (TPSA) is 105 Å². The number of carbonyl (C=O) groups excluding carboxylic acids is 2. The van der Waals surface area contributed by atoms with Gasteiger partial charge in [-0.15, -0.1) is 0 Å². The van der Waals surface area contributed by atoms with Gasteiger partial charge in [0.1, 0.15) is 22.8 Å². The molecule has 2 aromatic carbocycles. The Balaban J connectivity index is 1.53. The molecule has 178 valence electrons. The van der Waals surface area contributed by atoms with Gasteiger partial charge in [-0.2, -0.15) is 4.31 Å². The molecule has 0 aliphatic carbocycles. The molecule has 1 aliphatic heterocycles. The monoisotopic (exact) mass is 481 g/mol. The number of hydrogen-bond acceptors (Lipinski definition) is 5. The Labute approximate surface area is 191 Å². The van der Waals surface area contributed by atoms with Crippen molar-refractivity contribution in [3.8, 4) is 0 Å². The SMILES string of the molecule is O=C(NCCCc1ccccc1)C(=O)NC[C@H]1OCCCN1S(=O)(=O)c1cc(F)ccc1F. The van der Waals surface area contributed by atoms with Gasteiger partial charge in [0, 0.05) is 13.1 Å². The zero-order valence-corrected chi connectivity index (χ0v) is 18.6. The van der Waals surface area contributed by atoms with Gasteiger partial charge in [0.15, 0.2) is 0 Å². The van der Waals surface area contributed by atoms with Crippen molar-refractivity contribution < 1.29 is 31.5 Å². The Hall–Kier alpha value is -2.89. The number of benzene rings is 2. The highest BCUT2D eigenvalue weighted by Gasteiger charge is 2.36. The smallest absolute Gasteiger partial charge is 0.309 e. The maximum atomic E-state index is 14.1. The van der Waals surface area contributed by atoms with Crippen LogP contribution in [-0.4, -0.2) is 57.0 Å². The Morgan fingerprint density at radius 2 is 1.79 bits per heavy atom. The Morgan fingerprint density at radius 3 is 2.55 bits per heavy atom. The molecule has 1 heterocycles. The number of hydrogen-bond donors (Lipinski definition) is 2. The van der Waals surface area contributed by atoms with Crippen molar-refractivity contribution in [3.05, 3.63) is 65.7 Å². The highest BCUT2D eigenvalue weighted by Crippen LogP contribution is 2.24. The van der Waals surface area contributed by atoms with Crippen molar-refractivity contribution in [3.63, 3.8) is 0 Å². The first kappa shape index (κ1) is 24.7. The van der Waals surface area contributed by atoms with Crippen molar-refractivity contribution >= 4 is 21.8 Å². The number of halogens is 2. The molecule has 33 heavy (non-hydrogen) atoms. The lowest BCUT2D eigenvalue weighted by atomic mass is 10.1. The fourth-order valence-electron chi connectivity index (χ4n) is 3.38. The van der Waals surface area contributed by atoms with Crippen LogP contribution in [0, 0.1) is 11.6 Å². The van der Waals surface area contributed by atoms with E-state index in [1.165, 1.54) is 0 Å². The van der Waals surface area contributed by atoms with Gasteiger partial charge in [-0.05, 0) is 43.0 Å². The largest absolute Gasteiger partial charge is 0.360 e. The second-order valence-corrected chi connectivity index (χ2v) is 9.28. The van der Waals surface area contributed by atoms with E-state index in [9.17, 15) is 26.8 Å². The third kappa shape index (κ3) is 6.56. The second kappa shape index (κ2) is 11.3. The Morgan fingerprint density at radius 1 is 1.06 bits per heavy atom. The van der Waals surface area contributed by atoms with E-state index in [0.29, 0.717) is 25.5 Å². The molecule has 8 nitrogen and oxygen atoms in total. The molecule has 0 radical (unpaired) electrons. The van der Waals surface area contributed by atoms with E-state index in [4.69, 9.17) is 4.74 Å². The van der Waals surface area contributed by atoms with Gasteiger partial charge in [-0.3, -0.25) is 9.59 Å². The van der Waals surface area contributed by atoms with Crippen LogP contribution in [-0.2, 0) is 30.8 Å². The molecule has 0 aromatic heterocycles. The Kier molecular flexibility index (Phi) is 8.48. The van der Waals surface area contributed by atoms with E-state index >= 15 is 0 Å². The van der Waals surface area contributed by atoms with Crippen LogP contribution in [0.3, 0.4) is 0 Å². The number of nitrogens with zero attached hydrogens (tertiary/aromatic N) is 1. The zero-order valence-electron chi connectivity index (χ0n) is 17.8. The molecule has 3 rings (SSSR count). The predicted molar refractivity (Wildman–Crippen MR) is 115 cm³/mol. The highest BCUT2D eigenvalue weighted by atomic mass is 32.2. The minimum atomic E-state index is -4.43. The van der Waals surface area contributed by atoms with Crippen LogP contribution in [0.2, 0.25) is 0 Å². The van der Waals surface area contributed by atoms with Crippen LogP contribution in [0.4, 0.5) is 8.78 Å². The lowest BCUT2D eigenvalue weighted by molar-refractivity contribution is -0.140. The summed E-state index contributed by atoms with van der Waals surface area (Å²) < 4.78 is 59.7. The lowest BCUT2D eigenvalue weighted by Gasteiger charge is -2.34. The van der Waals surface area contributed by atoms with Crippen LogP contribution < -0.4 is 10.6 Å².